The lowest BCUT2D eigenvalue weighted by atomic mass is 9.43. The molecule has 0 N–H and O–H groups in total. The summed E-state index contributed by atoms with van der Waals surface area (Å²) in [6, 6.07) is 63.8. The second-order valence-electron chi connectivity index (χ2n) is 19.5. The van der Waals surface area contributed by atoms with Crippen molar-refractivity contribution in [2.24, 2.45) is 23.7 Å². The SMILES string of the molecule is c1ccc(-c2cccc(-c3nc(-c4cccc(-c5cccc6c5sc5ccccc56)c4)nc(-c4ccc5c(c4)-c4ccc6c(c4C54C5CC7CC(C5)CC4C7)Oc4ccccc4S6)n3)c2)cc1. The summed E-state index contributed by atoms with van der Waals surface area (Å²) in [6.07, 6.45) is 6.63. The van der Waals surface area contributed by atoms with Crippen molar-refractivity contribution in [3.63, 3.8) is 0 Å². The Balaban J connectivity index is 0.912. The Morgan fingerprint density at radius 2 is 1.07 bits per heavy atom. The summed E-state index contributed by atoms with van der Waals surface area (Å²) in [7, 11) is 0. The monoisotopic (exact) mass is 897 g/mol. The van der Waals surface area contributed by atoms with Gasteiger partial charge in [-0.1, -0.05) is 145 Å². The smallest absolute Gasteiger partial charge is 0.164 e. The average molecular weight is 898 g/mol. The van der Waals surface area contributed by atoms with Gasteiger partial charge in [-0.15, -0.1) is 11.3 Å². The van der Waals surface area contributed by atoms with Gasteiger partial charge in [0.2, 0.25) is 0 Å². The molecule has 2 aromatic heterocycles. The number of hydrogen-bond donors (Lipinski definition) is 0. The van der Waals surface area contributed by atoms with Crippen molar-refractivity contribution in [2.45, 2.75) is 47.3 Å². The number of para-hydroxylation sites is 1. The number of aromatic nitrogens is 3. The third-order valence-corrected chi connectivity index (χ3v) is 18.3. The Bertz CT molecular complexity index is 3660. The van der Waals surface area contributed by atoms with Gasteiger partial charge in [0.05, 0.1) is 9.79 Å². The van der Waals surface area contributed by atoms with Gasteiger partial charge >= 0.3 is 0 Å². The van der Waals surface area contributed by atoms with E-state index in [0.29, 0.717) is 29.3 Å². The van der Waals surface area contributed by atoms with Crippen molar-refractivity contribution < 1.29 is 4.74 Å². The van der Waals surface area contributed by atoms with Crippen molar-refractivity contribution in [3.05, 3.63) is 187 Å². The molecule has 0 unspecified atom stereocenters. The molecule has 4 nitrogen and oxygen atoms in total. The van der Waals surface area contributed by atoms with E-state index in [1.165, 1.54) is 89.9 Å². The number of hydrogen-bond acceptors (Lipinski definition) is 6. The normalized spacial score (nSPS) is 21.6. The van der Waals surface area contributed by atoms with Crippen LogP contribution in [0.2, 0.25) is 0 Å². The second-order valence-corrected chi connectivity index (χ2v) is 21.7. The van der Waals surface area contributed by atoms with Crippen molar-refractivity contribution >= 4 is 43.3 Å². The maximum absolute atomic E-state index is 7.10. The number of benzene rings is 8. The molecule has 320 valence electrons. The molecule has 6 aliphatic rings. The van der Waals surface area contributed by atoms with Crippen LogP contribution in [0.15, 0.2) is 186 Å². The highest BCUT2D eigenvalue weighted by molar-refractivity contribution is 7.99. The summed E-state index contributed by atoms with van der Waals surface area (Å²) >= 11 is 3.72. The standard InChI is InChI=1S/C61H43N3OS2/c1-2-11-37(12-3-1)38-13-8-15-40(32-38)58-62-59(41-16-9-14-39(33-41)45-18-10-19-48-46-17-4-6-21-52(46)67-57(45)48)64-60(63-58)42-23-25-50-49(34-42)47-24-26-54-56(65-51-20-5-7-22-53(51)66-54)55(47)61(50)43-28-35-27-36(30-43)31-44(61)29-35/h1-26,32-36,43-44H,27-31H2. The maximum atomic E-state index is 7.10. The van der Waals surface area contributed by atoms with Crippen LogP contribution in [-0.2, 0) is 5.41 Å². The van der Waals surface area contributed by atoms with E-state index in [2.05, 4.69) is 176 Å². The van der Waals surface area contributed by atoms with Gasteiger partial charge in [-0.05, 0) is 137 Å². The lowest BCUT2D eigenvalue weighted by molar-refractivity contribution is -0.0407. The lowest BCUT2D eigenvalue weighted by Crippen LogP contribution is -2.55. The molecule has 4 fully saturated rings. The molecule has 4 bridgehead atoms. The zero-order valence-corrected chi connectivity index (χ0v) is 38.3. The highest BCUT2D eigenvalue weighted by Crippen LogP contribution is 2.72. The van der Waals surface area contributed by atoms with E-state index in [-0.39, 0.29) is 5.41 Å². The van der Waals surface area contributed by atoms with Gasteiger partial charge in [-0.25, -0.2) is 15.0 Å². The van der Waals surface area contributed by atoms with Crippen LogP contribution in [0, 0.1) is 23.7 Å². The molecule has 10 aromatic rings. The van der Waals surface area contributed by atoms with E-state index in [1.807, 2.05) is 23.1 Å². The van der Waals surface area contributed by atoms with E-state index >= 15 is 0 Å². The van der Waals surface area contributed by atoms with Crippen molar-refractivity contribution in [2.75, 3.05) is 0 Å². The number of ether oxygens (including phenoxy) is 1. The zero-order valence-electron chi connectivity index (χ0n) is 36.7. The fraction of sp³-hybridized carbons (Fsp3) is 0.164. The summed E-state index contributed by atoms with van der Waals surface area (Å²) in [4.78, 5) is 18.5. The summed E-state index contributed by atoms with van der Waals surface area (Å²) in [6.45, 7) is 0. The van der Waals surface area contributed by atoms with E-state index in [9.17, 15) is 0 Å². The Labute approximate surface area is 397 Å². The maximum Gasteiger partial charge on any atom is 0.164 e. The average Bonchev–Trinajstić information content (AvgIpc) is 3.91. The molecule has 4 saturated carbocycles. The number of fused-ring (bicyclic) bond motifs is 9. The van der Waals surface area contributed by atoms with Crippen LogP contribution in [0.3, 0.4) is 0 Å². The highest BCUT2D eigenvalue weighted by Gasteiger charge is 2.63. The Morgan fingerprint density at radius 3 is 1.87 bits per heavy atom. The second kappa shape index (κ2) is 14.6. The molecule has 16 rings (SSSR count). The van der Waals surface area contributed by atoms with Gasteiger partial charge < -0.3 is 4.74 Å². The van der Waals surface area contributed by atoms with E-state index in [1.54, 1.807) is 0 Å². The van der Waals surface area contributed by atoms with Crippen molar-refractivity contribution in [1.82, 2.24) is 15.0 Å². The third-order valence-electron chi connectivity index (χ3n) is 16.0. The van der Waals surface area contributed by atoms with Gasteiger partial charge in [0, 0.05) is 47.8 Å². The van der Waals surface area contributed by atoms with Gasteiger partial charge in [0.25, 0.3) is 0 Å². The van der Waals surface area contributed by atoms with E-state index in [4.69, 9.17) is 19.7 Å². The lowest BCUT2D eigenvalue weighted by Gasteiger charge is -2.61. The quantitative estimate of drug-likeness (QED) is 0.172. The Kier molecular flexibility index (Phi) is 8.32. The van der Waals surface area contributed by atoms with Crippen LogP contribution < -0.4 is 4.74 Å². The molecular weight excluding hydrogens is 855 g/mol. The number of thiophene rings is 1. The van der Waals surface area contributed by atoms with Gasteiger partial charge in [0.1, 0.15) is 11.5 Å². The predicted molar refractivity (Wildman–Crippen MR) is 274 cm³/mol. The number of rotatable bonds is 5. The third kappa shape index (κ3) is 5.76. The van der Waals surface area contributed by atoms with Crippen LogP contribution in [0.4, 0.5) is 0 Å². The van der Waals surface area contributed by atoms with Crippen LogP contribution in [0.1, 0.15) is 43.2 Å². The Morgan fingerprint density at radius 1 is 0.448 bits per heavy atom. The first-order valence-electron chi connectivity index (χ1n) is 23.8. The molecule has 8 aromatic carbocycles. The topological polar surface area (TPSA) is 47.9 Å². The first-order valence-corrected chi connectivity index (χ1v) is 25.5. The molecule has 67 heavy (non-hydrogen) atoms. The van der Waals surface area contributed by atoms with E-state index in [0.717, 1.165) is 56.7 Å². The largest absolute Gasteiger partial charge is 0.455 e. The van der Waals surface area contributed by atoms with E-state index < -0.39 is 0 Å². The summed E-state index contributed by atoms with van der Waals surface area (Å²) < 4.78 is 9.69. The molecule has 0 amide bonds. The van der Waals surface area contributed by atoms with Crippen LogP contribution in [0.25, 0.3) is 87.7 Å². The van der Waals surface area contributed by atoms with Crippen molar-refractivity contribution in [3.8, 4) is 79.0 Å². The molecule has 1 spiro atoms. The molecular formula is C61H43N3OS2. The first-order chi connectivity index (χ1) is 33.1. The first kappa shape index (κ1) is 38.3. The minimum atomic E-state index is -0.0696. The zero-order chi connectivity index (χ0) is 43.8. The van der Waals surface area contributed by atoms with Crippen LogP contribution >= 0.6 is 23.1 Å². The van der Waals surface area contributed by atoms with Gasteiger partial charge in [-0.3, -0.25) is 0 Å². The predicted octanol–water partition coefficient (Wildman–Crippen LogP) is 16.6. The van der Waals surface area contributed by atoms with Gasteiger partial charge in [0.15, 0.2) is 17.5 Å². The molecule has 1 aliphatic heterocycles. The molecule has 3 heterocycles. The molecule has 0 radical (unpaired) electrons. The van der Waals surface area contributed by atoms with Crippen LogP contribution in [-0.4, -0.2) is 15.0 Å². The highest BCUT2D eigenvalue weighted by atomic mass is 32.2. The number of nitrogens with zero attached hydrogens (tertiary/aromatic N) is 3. The molecule has 5 aliphatic carbocycles. The summed E-state index contributed by atoms with van der Waals surface area (Å²) in [5, 5.41) is 2.59. The minimum Gasteiger partial charge on any atom is -0.455 e. The molecule has 6 heteroatoms. The molecule has 0 atom stereocenters. The van der Waals surface area contributed by atoms with Crippen molar-refractivity contribution in [1.29, 1.82) is 0 Å². The van der Waals surface area contributed by atoms with Crippen LogP contribution in [0.5, 0.6) is 11.5 Å². The molecule has 0 saturated heterocycles. The fourth-order valence-electron chi connectivity index (χ4n) is 13.4. The Hall–Kier alpha value is -6.86. The van der Waals surface area contributed by atoms with Gasteiger partial charge in [-0.2, -0.15) is 0 Å². The summed E-state index contributed by atoms with van der Waals surface area (Å²) in [5.74, 6) is 6.93. The minimum absolute atomic E-state index is 0.0696. The summed E-state index contributed by atoms with van der Waals surface area (Å²) in [5.41, 5.74) is 13.0. The fourth-order valence-corrected chi connectivity index (χ4v) is 15.6.